The topological polar surface area (TPSA) is 46.3 Å². The smallest absolute Gasteiger partial charge is 0.258 e. The second-order valence-electron chi connectivity index (χ2n) is 8.21. The van der Waals surface area contributed by atoms with E-state index in [1.165, 1.54) is 24.5 Å². The molecule has 0 saturated heterocycles. The number of benzene rings is 3. The molecule has 0 bridgehead atoms. The van der Waals surface area contributed by atoms with Crippen molar-refractivity contribution in [1.82, 2.24) is 19.6 Å². The van der Waals surface area contributed by atoms with Gasteiger partial charge in [-0.1, -0.05) is 36.4 Å². The summed E-state index contributed by atoms with van der Waals surface area (Å²) in [5, 5.41) is 9.15. The van der Waals surface area contributed by atoms with Crippen LogP contribution in [0.3, 0.4) is 0 Å². The largest absolute Gasteiger partial charge is 0.329 e. The molecule has 3 aromatic carbocycles. The predicted molar refractivity (Wildman–Crippen MR) is 125 cm³/mol. The summed E-state index contributed by atoms with van der Waals surface area (Å²) in [5.41, 5.74) is 4.70. The Morgan fingerprint density at radius 3 is 2.53 bits per heavy atom. The molecular weight excluding hydrogens is 425 g/mol. The van der Waals surface area contributed by atoms with Gasteiger partial charge in [-0.25, -0.2) is 8.79 Å². The van der Waals surface area contributed by atoms with Crippen molar-refractivity contribution in [3.05, 3.63) is 83.4 Å². The minimum Gasteiger partial charge on any atom is -0.329 e. The zero-order chi connectivity index (χ0) is 21.8. The number of nitrogens with zero attached hydrogens (tertiary/aromatic N) is 5. The van der Waals surface area contributed by atoms with E-state index in [0.29, 0.717) is 23.2 Å². The number of para-hydroxylation sites is 1. The van der Waals surface area contributed by atoms with E-state index in [4.69, 9.17) is 11.6 Å². The highest BCUT2D eigenvalue weighted by molar-refractivity contribution is 6.29. The molecule has 0 aliphatic heterocycles. The Hall–Kier alpha value is -3.51. The molecule has 0 N–H and O–H groups in total. The van der Waals surface area contributed by atoms with Crippen LogP contribution >= 0.6 is 11.6 Å². The van der Waals surface area contributed by atoms with Gasteiger partial charge in [0.15, 0.2) is 0 Å². The summed E-state index contributed by atoms with van der Waals surface area (Å²) in [6.45, 7) is 0. The van der Waals surface area contributed by atoms with Crippen LogP contribution in [0.1, 0.15) is 24.3 Å². The van der Waals surface area contributed by atoms with Gasteiger partial charge < -0.3 is 4.90 Å². The van der Waals surface area contributed by atoms with Crippen molar-refractivity contribution in [3.8, 4) is 11.1 Å². The molecule has 0 radical (unpaired) electrons. The average Bonchev–Trinajstić information content (AvgIpc) is 3.60. The summed E-state index contributed by atoms with van der Waals surface area (Å²) in [4.78, 5) is 6.55. The van der Waals surface area contributed by atoms with E-state index in [1.807, 2.05) is 42.3 Å². The highest BCUT2D eigenvalue weighted by Crippen LogP contribution is 2.41. The fraction of sp³-hybridized carbons (Fsp3) is 0.160. The van der Waals surface area contributed by atoms with Crippen LogP contribution in [0.4, 0.5) is 15.9 Å². The van der Waals surface area contributed by atoms with Crippen LogP contribution in [-0.2, 0) is 0 Å². The van der Waals surface area contributed by atoms with Gasteiger partial charge in [0.1, 0.15) is 11.6 Å². The van der Waals surface area contributed by atoms with Crippen LogP contribution in [0.2, 0.25) is 5.28 Å². The molecule has 0 spiro atoms. The zero-order valence-electron chi connectivity index (χ0n) is 17.3. The number of aromatic nitrogens is 4. The normalized spacial score (nSPS) is 13.7. The zero-order valence-corrected chi connectivity index (χ0v) is 18.1. The molecule has 0 atom stereocenters. The van der Waals surface area contributed by atoms with Crippen molar-refractivity contribution < 1.29 is 4.39 Å². The van der Waals surface area contributed by atoms with E-state index < -0.39 is 0 Å². The minimum absolute atomic E-state index is 0.251. The maximum Gasteiger partial charge on any atom is 0.258 e. The van der Waals surface area contributed by atoms with Crippen LogP contribution in [-0.4, -0.2) is 26.6 Å². The van der Waals surface area contributed by atoms with E-state index in [2.05, 4.69) is 39.4 Å². The van der Waals surface area contributed by atoms with Gasteiger partial charge in [-0.05, 0) is 77.4 Å². The van der Waals surface area contributed by atoms with E-state index in [-0.39, 0.29) is 11.1 Å². The molecular formula is C25H19ClFN5. The van der Waals surface area contributed by atoms with Gasteiger partial charge in [0.2, 0.25) is 5.28 Å². The van der Waals surface area contributed by atoms with Crippen molar-refractivity contribution >= 4 is 39.8 Å². The fourth-order valence-corrected chi connectivity index (χ4v) is 4.43. The number of hydrogen-bond donors (Lipinski definition) is 0. The second kappa shape index (κ2) is 7.28. The molecule has 32 heavy (non-hydrogen) atoms. The highest BCUT2D eigenvalue weighted by Gasteiger charge is 2.23. The second-order valence-corrected chi connectivity index (χ2v) is 8.55. The molecule has 2 aromatic heterocycles. The lowest BCUT2D eigenvalue weighted by atomic mass is 10.0. The van der Waals surface area contributed by atoms with E-state index in [0.717, 1.165) is 22.0 Å². The number of hydrogen-bond acceptors (Lipinski definition) is 4. The highest BCUT2D eigenvalue weighted by atomic mass is 35.5. The number of rotatable bonds is 4. The van der Waals surface area contributed by atoms with Crippen LogP contribution < -0.4 is 4.90 Å². The number of fused-ring (bicyclic) bond motifs is 3. The van der Waals surface area contributed by atoms with Gasteiger partial charge in [0, 0.05) is 18.1 Å². The molecule has 0 amide bonds. The first-order valence-corrected chi connectivity index (χ1v) is 10.9. The first-order chi connectivity index (χ1) is 15.6. The quantitative estimate of drug-likeness (QED) is 0.323. The molecule has 6 rings (SSSR count). The molecule has 1 aliphatic rings. The SMILES string of the molecule is CN(c1cc(F)cc(-c2ccc(C3CC3)cc2)c1)c1nc2nnc(Cl)n2c2ccccc12. The summed E-state index contributed by atoms with van der Waals surface area (Å²) in [7, 11) is 1.87. The molecule has 2 heterocycles. The third kappa shape index (κ3) is 3.19. The lowest BCUT2D eigenvalue weighted by Crippen LogP contribution is -2.13. The third-order valence-corrected chi connectivity index (χ3v) is 6.32. The average molecular weight is 444 g/mol. The maximum atomic E-state index is 14.7. The standard InChI is InChI=1S/C25H19ClFN5/c1-31(23-21-4-2-3-5-22(21)32-24(26)29-30-25(32)28-23)20-13-18(12-19(27)14-20)17-10-8-16(9-11-17)15-6-7-15/h2-5,8-15H,6-7H2,1H3. The molecule has 1 fully saturated rings. The lowest BCUT2D eigenvalue weighted by Gasteiger charge is -2.21. The van der Waals surface area contributed by atoms with Gasteiger partial charge in [-0.2, -0.15) is 4.98 Å². The Morgan fingerprint density at radius 1 is 0.969 bits per heavy atom. The van der Waals surface area contributed by atoms with Gasteiger partial charge in [-0.15, -0.1) is 10.2 Å². The van der Waals surface area contributed by atoms with Crippen LogP contribution in [0, 0.1) is 5.82 Å². The molecule has 7 heteroatoms. The lowest BCUT2D eigenvalue weighted by molar-refractivity contribution is 0.628. The van der Waals surface area contributed by atoms with Crippen molar-refractivity contribution in [2.24, 2.45) is 0 Å². The molecule has 158 valence electrons. The Kier molecular flexibility index (Phi) is 4.36. The molecule has 1 saturated carbocycles. The summed E-state index contributed by atoms with van der Waals surface area (Å²) in [6.07, 6.45) is 2.52. The Morgan fingerprint density at radius 2 is 1.75 bits per heavy atom. The third-order valence-electron chi connectivity index (χ3n) is 6.08. The van der Waals surface area contributed by atoms with Crippen LogP contribution in [0.15, 0.2) is 66.7 Å². The number of anilines is 2. The van der Waals surface area contributed by atoms with E-state index in [9.17, 15) is 4.39 Å². The number of halogens is 2. The summed E-state index contributed by atoms with van der Waals surface area (Å²) >= 11 is 6.23. The van der Waals surface area contributed by atoms with Crippen molar-refractivity contribution in [2.75, 3.05) is 11.9 Å². The Bertz CT molecular complexity index is 1470. The van der Waals surface area contributed by atoms with Crippen molar-refractivity contribution in [2.45, 2.75) is 18.8 Å². The van der Waals surface area contributed by atoms with Crippen LogP contribution in [0.5, 0.6) is 0 Å². The first-order valence-electron chi connectivity index (χ1n) is 10.5. The predicted octanol–water partition coefficient (Wildman–Crippen LogP) is 6.38. The van der Waals surface area contributed by atoms with Gasteiger partial charge >= 0.3 is 0 Å². The molecule has 0 unspecified atom stereocenters. The minimum atomic E-state index is -0.300. The Balaban J connectivity index is 1.46. The fourth-order valence-electron chi connectivity index (χ4n) is 4.23. The molecule has 5 aromatic rings. The first kappa shape index (κ1) is 19.2. The molecule has 1 aliphatic carbocycles. The van der Waals surface area contributed by atoms with E-state index >= 15 is 0 Å². The summed E-state index contributed by atoms with van der Waals surface area (Å²) in [5.74, 6) is 1.44. The van der Waals surface area contributed by atoms with Crippen molar-refractivity contribution in [1.29, 1.82) is 0 Å². The van der Waals surface area contributed by atoms with Gasteiger partial charge in [-0.3, -0.25) is 0 Å². The summed E-state index contributed by atoms with van der Waals surface area (Å²) < 4.78 is 16.4. The monoisotopic (exact) mass is 443 g/mol. The summed E-state index contributed by atoms with van der Waals surface area (Å²) in [6, 6.07) is 21.3. The van der Waals surface area contributed by atoms with Crippen molar-refractivity contribution in [3.63, 3.8) is 0 Å². The van der Waals surface area contributed by atoms with Crippen LogP contribution in [0.25, 0.3) is 27.8 Å². The molecule has 5 nitrogen and oxygen atoms in total. The van der Waals surface area contributed by atoms with Gasteiger partial charge in [0.05, 0.1) is 5.52 Å². The Labute approximate surface area is 189 Å². The maximum absolute atomic E-state index is 14.7. The van der Waals surface area contributed by atoms with Gasteiger partial charge in [0.25, 0.3) is 5.78 Å². The van der Waals surface area contributed by atoms with E-state index in [1.54, 1.807) is 10.5 Å².